The highest BCUT2D eigenvalue weighted by Gasteiger charge is 2.12. The molecule has 0 radical (unpaired) electrons. The van der Waals surface area contributed by atoms with Crippen molar-refractivity contribution < 1.29 is 4.79 Å². The highest BCUT2D eigenvalue weighted by atomic mass is 16.1. The lowest BCUT2D eigenvalue weighted by Gasteiger charge is -2.02. The van der Waals surface area contributed by atoms with Crippen LogP contribution in [0.25, 0.3) is 22.9 Å². The molecule has 2 heterocycles. The van der Waals surface area contributed by atoms with Gasteiger partial charge in [-0.3, -0.25) is 4.79 Å². The van der Waals surface area contributed by atoms with E-state index in [1.807, 2.05) is 83.5 Å². The van der Waals surface area contributed by atoms with Gasteiger partial charge in [0.15, 0.2) is 0 Å². The van der Waals surface area contributed by atoms with E-state index in [1.165, 1.54) is 5.56 Å². The van der Waals surface area contributed by atoms with E-state index in [2.05, 4.69) is 17.4 Å². The van der Waals surface area contributed by atoms with Gasteiger partial charge in [-0.05, 0) is 30.2 Å². The molecule has 1 N–H and O–H groups in total. The summed E-state index contributed by atoms with van der Waals surface area (Å²) in [6.45, 7) is 0.605. The smallest absolute Gasteiger partial charge is 0.244 e. The van der Waals surface area contributed by atoms with Gasteiger partial charge in [-0.2, -0.15) is 5.10 Å². The van der Waals surface area contributed by atoms with Gasteiger partial charge in [0.05, 0.1) is 5.52 Å². The summed E-state index contributed by atoms with van der Waals surface area (Å²) >= 11 is 0. The SMILES string of the molecule is O=C(C=Cc1c(-c2ccccc2)nn2ccccc12)NCCc1ccccc1. The first-order valence-electron chi connectivity index (χ1n) is 9.34. The molecule has 28 heavy (non-hydrogen) atoms. The summed E-state index contributed by atoms with van der Waals surface area (Å²) in [5.74, 6) is -0.106. The fraction of sp³-hybridized carbons (Fsp3) is 0.0833. The third-order valence-corrected chi connectivity index (χ3v) is 4.58. The second-order valence-corrected chi connectivity index (χ2v) is 6.52. The number of amides is 1. The minimum atomic E-state index is -0.106. The molecule has 0 spiro atoms. The number of fused-ring (bicyclic) bond motifs is 1. The van der Waals surface area contributed by atoms with Crippen molar-refractivity contribution in [2.45, 2.75) is 6.42 Å². The van der Waals surface area contributed by atoms with Crippen LogP contribution in [0.3, 0.4) is 0 Å². The topological polar surface area (TPSA) is 46.4 Å². The molecule has 138 valence electrons. The van der Waals surface area contributed by atoms with Crippen LogP contribution in [0.2, 0.25) is 0 Å². The van der Waals surface area contributed by atoms with Gasteiger partial charge in [-0.25, -0.2) is 4.52 Å². The van der Waals surface area contributed by atoms with Gasteiger partial charge in [0, 0.05) is 29.9 Å². The van der Waals surface area contributed by atoms with Crippen molar-refractivity contribution in [1.82, 2.24) is 14.9 Å². The van der Waals surface area contributed by atoms with Crippen molar-refractivity contribution in [3.05, 3.63) is 102 Å². The summed E-state index contributed by atoms with van der Waals surface area (Å²) < 4.78 is 1.84. The Labute approximate surface area is 164 Å². The molecule has 4 heteroatoms. The monoisotopic (exact) mass is 367 g/mol. The van der Waals surface area contributed by atoms with E-state index in [1.54, 1.807) is 6.08 Å². The Kier molecular flexibility index (Phi) is 5.29. The molecular formula is C24H21N3O. The predicted molar refractivity (Wildman–Crippen MR) is 113 cm³/mol. The van der Waals surface area contributed by atoms with Gasteiger partial charge in [0.2, 0.25) is 5.91 Å². The summed E-state index contributed by atoms with van der Waals surface area (Å²) in [6, 6.07) is 26.1. The molecule has 2 aromatic heterocycles. The molecular weight excluding hydrogens is 346 g/mol. The van der Waals surface area contributed by atoms with Gasteiger partial charge < -0.3 is 5.32 Å². The molecule has 0 aliphatic carbocycles. The molecule has 0 atom stereocenters. The maximum absolute atomic E-state index is 12.3. The number of nitrogens with zero attached hydrogens (tertiary/aromatic N) is 2. The van der Waals surface area contributed by atoms with Gasteiger partial charge in [0.1, 0.15) is 5.69 Å². The number of hydrogen-bond acceptors (Lipinski definition) is 2. The Morgan fingerprint density at radius 3 is 2.43 bits per heavy atom. The van der Waals surface area contributed by atoms with Crippen LogP contribution in [0.15, 0.2) is 91.1 Å². The van der Waals surface area contributed by atoms with Crippen LogP contribution in [0.4, 0.5) is 0 Å². The lowest BCUT2D eigenvalue weighted by molar-refractivity contribution is -0.116. The number of hydrogen-bond donors (Lipinski definition) is 1. The summed E-state index contributed by atoms with van der Waals surface area (Å²) in [6.07, 6.45) is 6.16. The second kappa shape index (κ2) is 8.35. The van der Waals surface area contributed by atoms with Crippen molar-refractivity contribution >= 4 is 17.5 Å². The molecule has 1 amide bonds. The first-order valence-corrected chi connectivity index (χ1v) is 9.34. The molecule has 4 nitrogen and oxygen atoms in total. The minimum Gasteiger partial charge on any atom is -0.352 e. The largest absolute Gasteiger partial charge is 0.352 e. The maximum Gasteiger partial charge on any atom is 0.244 e. The predicted octanol–water partition coefficient (Wildman–Crippen LogP) is 4.37. The Balaban J connectivity index is 1.52. The average Bonchev–Trinajstić information content (AvgIpc) is 3.12. The molecule has 4 rings (SSSR count). The molecule has 4 aromatic rings. The van der Waals surface area contributed by atoms with Crippen LogP contribution >= 0.6 is 0 Å². The van der Waals surface area contributed by atoms with E-state index in [4.69, 9.17) is 5.10 Å². The van der Waals surface area contributed by atoms with Crippen molar-refractivity contribution in [3.8, 4) is 11.3 Å². The van der Waals surface area contributed by atoms with Crippen molar-refractivity contribution in [1.29, 1.82) is 0 Å². The fourth-order valence-corrected chi connectivity index (χ4v) is 3.18. The molecule has 0 fully saturated rings. The quantitative estimate of drug-likeness (QED) is 0.514. The summed E-state index contributed by atoms with van der Waals surface area (Å²) in [5.41, 5.74) is 5.00. The molecule has 0 saturated heterocycles. The zero-order valence-electron chi connectivity index (χ0n) is 15.5. The standard InChI is InChI=1S/C24H21N3O/c28-23(25-17-16-19-9-3-1-4-10-19)15-14-21-22-13-7-8-18-27(22)26-24(21)20-11-5-2-6-12-20/h1-15,18H,16-17H2,(H,25,28). The second-order valence-electron chi connectivity index (χ2n) is 6.52. The Hall–Kier alpha value is -3.66. The number of aromatic nitrogens is 2. The number of carbonyl (C=O) groups excluding carboxylic acids is 1. The number of rotatable bonds is 6. The molecule has 0 aliphatic rings. The Bertz CT molecular complexity index is 1100. The molecule has 0 saturated carbocycles. The number of benzene rings is 2. The fourth-order valence-electron chi connectivity index (χ4n) is 3.18. The van der Waals surface area contributed by atoms with Crippen molar-refractivity contribution in [2.24, 2.45) is 0 Å². The Morgan fingerprint density at radius 1 is 0.929 bits per heavy atom. The van der Waals surface area contributed by atoms with Crippen LogP contribution in [0.5, 0.6) is 0 Å². The zero-order valence-corrected chi connectivity index (χ0v) is 15.5. The van der Waals surface area contributed by atoms with Crippen LogP contribution in [0, 0.1) is 0 Å². The molecule has 2 aromatic carbocycles. The lowest BCUT2D eigenvalue weighted by Crippen LogP contribution is -2.23. The van der Waals surface area contributed by atoms with Crippen LogP contribution < -0.4 is 5.32 Å². The van der Waals surface area contributed by atoms with Gasteiger partial charge >= 0.3 is 0 Å². The molecule has 0 bridgehead atoms. The van der Waals surface area contributed by atoms with Gasteiger partial charge in [0.25, 0.3) is 0 Å². The van der Waals surface area contributed by atoms with Gasteiger partial charge in [-0.1, -0.05) is 66.7 Å². The van der Waals surface area contributed by atoms with E-state index in [0.717, 1.165) is 28.8 Å². The van der Waals surface area contributed by atoms with E-state index in [-0.39, 0.29) is 5.91 Å². The number of nitrogens with one attached hydrogen (secondary N) is 1. The highest BCUT2D eigenvalue weighted by molar-refractivity contribution is 5.95. The van der Waals surface area contributed by atoms with Crippen molar-refractivity contribution in [3.63, 3.8) is 0 Å². The first-order chi connectivity index (χ1) is 13.8. The summed E-state index contributed by atoms with van der Waals surface area (Å²) in [7, 11) is 0. The zero-order chi connectivity index (χ0) is 19.2. The van der Waals surface area contributed by atoms with Gasteiger partial charge in [-0.15, -0.1) is 0 Å². The maximum atomic E-state index is 12.3. The lowest BCUT2D eigenvalue weighted by atomic mass is 10.1. The van der Waals surface area contributed by atoms with Crippen LogP contribution in [-0.2, 0) is 11.2 Å². The van der Waals surface area contributed by atoms with Crippen LogP contribution in [0.1, 0.15) is 11.1 Å². The first kappa shape index (κ1) is 17.7. The molecule has 0 unspecified atom stereocenters. The minimum absolute atomic E-state index is 0.106. The van der Waals surface area contributed by atoms with E-state index in [0.29, 0.717) is 6.54 Å². The molecule has 0 aliphatic heterocycles. The summed E-state index contributed by atoms with van der Waals surface area (Å²) in [4.78, 5) is 12.3. The average molecular weight is 367 g/mol. The third-order valence-electron chi connectivity index (χ3n) is 4.58. The highest BCUT2D eigenvalue weighted by Crippen LogP contribution is 2.27. The van der Waals surface area contributed by atoms with E-state index in [9.17, 15) is 4.79 Å². The number of pyridine rings is 1. The Morgan fingerprint density at radius 2 is 1.64 bits per heavy atom. The van der Waals surface area contributed by atoms with Crippen molar-refractivity contribution in [2.75, 3.05) is 6.54 Å². The van der Waals surface area contributed by atoms with Crippen LogP contribution in [-0.4, -0.2) is 22.1 Å². The normalized spacial score (nSPS) is 11.1. The van der Waals surface area contributed by atoms with E-state index >= 15 is 0 Å². The van der Waals surface area contributed by atoms with E-state index < -0.39 is 0 Å². The summed E-state index contributed by atoms with van der Waals surface area (Å²) in [5, 5.41) is 7.64. The number of carbonyl (C=O) groups is 1. The third kappa shape index (κ3) is 4.01.